The highest BCUT2D eigenvalue weighted by Crippen LogP contribution is 2.32. The van der Waals surface area contributed by atoms with Gasteiger partial charge in [0.2, 0.25) is 0 Å². The van der Waals surface area contributed by atoms with Crippen LogP contribution in [-0.2, 0) is 53.1 Å². The second-order valence-electron chi connectivity index (χ2n) is 9.40. The van der Waals surface area contributed by atoms with E-state index in [1.807, 2.05) is 36.4 Å². The first-order valence-electron chi connectivity index (χ1n) is 12.9. The Kier molecular flexibility index (Phi) is 11.0. The molecule has 3 aromatic carbocycles. The van der Waals surface area contributed by atoms with E-state index in [9.17, 15) is 26.7 Å². The lowest BCUT2D eigenvalue weighted by atomic mass is 9.98. The number of methoxy groups -OCH3 is 1. The smallest absolute Gasteiger partial charge is 0.497 e. The van der Waals surface area contributed by atoms with Crippen LogP contribution in [0.25, 0.3) is 0 Å². The molecule has 13 heteroatoms. The van der Waals surface area contributed by atoms with Crippen molar-refractivity contribution in [1.82, 2.24) is 0 Å². The Labute approximate surface area is 241 Å². The standard InChI is InChI=1S/C29H31F3O9S/c1-36-23-14-12-22(13-15-23)18-37-25-24(19-40-42(34,35)29(30,31)32)41-28(33)27(39-17-21-10-6-3-7-11-21)26(25)38-16-20-8-4-2-5-9-20/h2-15,24-28,33H,16-19H2,1H3/t24-,25+,26+,27-,28-/m1/s1. The fourth-order valence-corrected chi connectivity index (χ4v) is 4.72. The van der Waals surface area contributed by atoms with Crippen molar-refractivity contribution >= 4 is 10.1 Å². The van der Waals surface area contributed by atoms with Gasteiger partial charge in [-0.2, -0.15) is 21.6 Å². The summed E-state index contributed by atoms with van der Waals surface area (Å²) >= 11 is 0. The van der Waals surface area contributed by atoms with Crippen LogP contribution in [0.4, 0.5) is 13.2 Å². The maximum Gasteiger partial charge on any atom is 0.523 e. The average molecular weight is 613 g/mol. The maximum absolute atomic E-state index is 13.0. The minimum atomic E-state index is -5.95. The van der Waals surface area contributed by atoms with E-state index >= 15 is 0 Å². The lowest BCUT2D eigenvalue weighted by Gasteiger charge is -2.44. The number of alkyl halides is 3. The topological polar surface area (TPSA) is 110 Å². The molecule has 4 rings (SSSR count). The van der Waals surface area contributed by atoms with Gasteiger partial charge in [-0.3, -0.25) is 4.18 Å². The normalized spacial score (nSPS) is 23.0. The van der Waals surface area contributed by atoms with Gasteiger partial charge in [-0.15, -0.1) is 0 Å². The molecule has 0 amide bonds. The van der Waals surface area contributed by atoms with Crippen molar-refractivity contribution in [3.8, 4) is 5.75 Å². The van der Waals surface area contributed by atoms with Crippen molar-refractivity contribution < 1.29 is 54.6 Å². The van der Waals surface area contributed by atoms with Crippen LogP contribution in [0.3, 0.4) is 0 Å². The van der Waals surface area contributed by atoms with Gasteiger partial charge in [0.25, 0.3) is 0 Å². The SMILES string of the molecule is COc1ccc(CO[C@@H]2[C@H](OCc3ccccc3)[C@@H](OCc3ccccc3)[C@H](O)O[C@@H]2COS(=O)(=O)C(F)(F)F)cc1. The van der Waals surface area contributed by atoms with Crippen LogP contribution < -0.4 is 4.74 Å². The number of aliphatic hydroxyl groups excluding tert-OH is 1. The van der Waals surface area contributed by atoms with Crippen LogP contribution in [0.15, 0.2) is 84.9 Å². The Balaban J connectivity index is 1.61. The van der Waals surface area contributed by atoms with E-state index in [0.717, 1.165) is 11.1 Å². The summed E-state index contributed by atoms with van der Waals surface area (Å²) in [5.74, 6) is 0.602. The lowest BCUT2D eigenvalue weighted by molar-refractivity contribution is -0.314. The molecule has 1 aliphatic heterocycles. The molecular formula is C29H31F3O9S. The summed E-state index contributed by atoms with van der Waals surface area (Å²) in [6, 6.07) is 25.0. The predicted molar refractivity (Wildman–Crippen MR) is 143 cm³/mol. The largest absolute Gasteiger partial charge is 0.523 e. The summed E-state index contributed by atoms with van der Waals surface area (Å²) in [7, 11) is -4.43. The molecule has 1 saturated heterocycles. The highest BCUT2D eigenvalue weighted by Gasteiger charge is 2.51. The van der Waals surface area contributed by atoms with Gasteiger partial charge in [-0.25, -0.2) is 0 Å². The van der Waals surface area contributed by atoms with E-state index in [0.29, 0.717) is 11.3 Å². The van der Waals surface area contributed by atoms with Crippen LogP contribution in [0.1, 0.15) is 16.7 Å². The quantitative estimate of drug-likeness (QED) is 0.223. The molecule has 42 heavy (non-hydrogen) atoms. The highest BCUT2D eigenvalue weighted by molar-refractivity contribution is 7.87. The van der Waals surface area contributed by atoms with E-state index in [1.54, 1.807) is 48.5 Å². The van der Waals surface area contributed by atoms with Crippen molar-refractivity contribution in [3.05, 3.63) is 102 Å². The Morgan fingerprint density at radius 1 is 0.738 bits per heavy atom. The lowest BCUT2D eigenvalue weighted by Crippen LogP contribution is -2.61. The van der Waals surface area contributed by atoms with E-state index < -0.39 is 52.9 Å². The summed E-state index contributed by atoms with van der Waals surface area (Å²) in [5, 5.41) is 10.9. The number of benzene rings is 3. The van der Waals surface area contributed by atoms with Crippen LogP contribution in [0.5, 0.6) is 5.75 Å². The first kappa shape index (κ1) is 31.9. The summed E-state index contributed by atoms with van der Waals surface area (Å²) in [6.45, 7) is -1.08. The third-order valence-corrected chi connectivity index (χ3v) is 7.47. The number of hydrogen-bond donors (Lipinski definition) is 1. The number of ether oxygens (including phenoxy) is 5. The number of aliphatic hydroxyl groups is 1. The molecule has 0 spiro atoms. The molecule has 1 aliphatic rings. The molecule has 0 bridgehead atoms. The second kappa shape index (κ2) is 14.4. The maximum atomic E-state index is 13.0. The number of halogens is 3. The van der Waals surface area contributed by atoms with Gasteiger partial charge in [0.05, 0.1) is 33.5 Å². The van der Waals surface area contributed by atoms with Gasteiger partial charge < -0.3 is 28.8 Å². The third kappa shape index (κ3) is 8.51. The monoisotopic (exact) mass is 612 g/mol. The summed E-state index contributed by atoms with van der Waals surface area (Å²) in [6.07, 6.45) is -6.68. The average Bonchev–Trinajstić information content (AvgIpc) is 2.98. The zero-order chi connectivity index (χ0) is 30.2. The number of rotatable bonds is 13. The van der Waals surface area contributed by atoms with Crippen molar-refractivity contribution in [2.24, 2.45) is 0 Å². The molecule has 0 saturated carbocycles. The Hall–Kier alpha value is -3.04. The molecule has 9 nitrogen and oxygen atoms in total. The van der Waals surface area contributed by atoms with Gasteiger partial charge in [0.15, 0.2) is 6.29 Å². The molecule has 3 aromatic rings. The van der Waals surface area contributed by atoms with Gasteiger partial charge in [-0.05, 0) is 28.8 Å². The Morgan fingerprint density at radius 3 is 1.71 bits per heavy atom. The summed E-state index contributed by atoms with van der Waals surface area (Å²) in [5.41, 5.74) is -3.43. The minimum absolute atomic E-state index is 0.0280. The van der Waals surface area contributed by atoms with E-state index in [-0.39, 0.29) is 19.8 Å². The first-order valence-corrected chi connectivity index (χ1v) is 14.3. The zero-order valence-electron chi connectivity index (χ0n) is 22.6. The van der Waals surface area contributed by atoms with E-state index in [4.69, 9.17) is 23.7 Å². The molecule has 1 fully saturated rings. The number of hydrogen-bond acceptors (Lipinski definition) is 9. The first-order chi connectivity index (χ1) is 20.1. The van der Waals surface area contributed by atoms with Crippen LogP contribution in [0, 0.1) is 0 Å². The van der Waals surface area contributed by atoms with E-state index in [2.05, 4.69) is 4.18 Å². The third-order valence-electron chi connectivity index (χ3n) is 6.45. The molecule has 0 aromatic heterocycles. The van der Waals surface area contributed by atoms with Crippen molar-refractivity contribution in [3.63, 3.8) is 0 Å². The van der Waals surface area contributed by atoms with Gasteiger partial charge >= 0.3 is 15.6 Å². The van der Waals surface area contributed by atoms with Crippen molar-refractivity contribution in [1.29, 1.82) is 0 Å². The zero-order valence-corrected chi connectivity index (χ0v) is 23.4. The Morgan fingerprint density at radius 2 is 1.21 bits per heavy atom. The van der Waals surface area contributed by atoms with Gasteiger partial charge in [-0.1, -0.05) is 72.8 Å². The van der Waals surface area contributed by atoms with Crippen LogP contribution >= 0.6 is 0 Å². The second-order valence-corrected chi connectivity index (χ2v) is 11.0. The van der Waals surface area contributed by atoms with E-state index in [1.165, 1.54) is 7.11 Å². The molecule has 228 valence electrons. The molecule has 5 atom stereocenters. The minimum Gasteiger partial charge on any atom is -0.497 e. The van der Waals surface area contributed by atoms with Crippen LogP contribution in [-0.4, -0.2) is 63.5 Å². The molecule has 1 heterocycles. The molecule has 1 N–H and O–H groups in total. The van der Waals surface area contributed by atoms with Gasteiger partial charge in [0.1, 0.15) is 30.2 Å². The fraction of sp³-hybridized carbons (Fsp3) is 0.379. The molecule has 0 aliphatic carbocycles. The molecule has 0 radical (unpaired) electrons. The molecule has 0 unspecified atom stereocenters. The van der Waals surface area contributed by atoms with Gasteiger partial charge in [0, 0.05) is 0 Å². The predicted octanol–water partition coefficient (Wildman–Crippen LogP) is 4.33. The summed E-state index contributed by atoms with van der Waals surface area (Å²) < 4.78 is 95.7. The Bertz CT molecular complexity index is 1340. The fourth-order valence-electron chi connectivity index (χ4n) is 4.27. The van der Waals surface area contributed by atoms with Crippen molar-refractivity contribution in [2.45, 2.75) is 56.0 Å². The van der Waals surface area contributed by atoms with Crippen molar-refractivity contribution in [2.75, 3.05) is 13.7 Å². The van der Waals surface area contributed by atoms with Crippen LogP contribution in [0.2, 0.25) is 0 Å². The molecular weight excluding hydrogens is 581 g/mol. The highest BCUT2D eigenvalue weighted by atomic mass is 32.2. The summed E-state index contributed by atoms with van der Waals surface area (Å²) in [4.78, 5) is 0.